The van der Waals surface area contributed by atoms with Gasteiger partial charge in [0.2, 0.25) is 0 Å². The van der Waals surface area contributed by atoms with E-state index in [1.54, 1.807) is 0 Å². The van der Waals surface area contributed by atoms with E-state index in [0.29, 0.717) is 6.04 Å². The molecule has 3 heteroatoms. The summed E-state index contributed by atoms with van der Waals surface area (Å²) in [7, 11) is 0. The van der Waals surface area contributed by atoms with Gasteiger partial charge in [-0.15, -0.1) is 0 Å². The number of nitrogens with one attached hydrogen (secondary N) is 1. The summed E-state index contributed by atoms with van der Waals surface area (Å²) in [5.41, 5.74) is 2.71. The van der Waals surface area contributed by atoms with E-state index in [0.717, 1.165) is 12.5 Å². The number of hydrogen-bond donors (Lipinski definition) is 1. The Morgan fingerprint density at radius 3 is 2.90 bits per heavy atom. The maximum Gasteiger partial charge on any atom is 0.0510 e. The van der Waals surface area contributed by atoms with E-state index in [2.05, 4.69) is 65.1 Å². The Labute approximate surface area is 132 Å². The Morgan fingerprint density at radius 1 is 1.45 bits per heavy atom. The minimum atomic E-state index is 0.417. The Balaban J connectivity index is 2.09. The first-order chi connectivity index (χ1) is 9.61. The highest BCUT2D eigenvalue weighted by Crippen LogP contribution is 2.32. The molecule has 0 aliphatic carbocycles. The van der Waals surface area contributed by atoms with Crippen LogP contribution in [0, 0.1) is 5.92 Å². The van der Waals surface area contributed by atoms with Crippen molar-refractivity contribution in [2.24, 2.45) is 5.92 Å². The predicted octanol–water partition coefficient (Wildman–Crippen LogP) is 4.75. The van der Waals surface area contributed by atoms with Gasteiger partial charge in [-0.2, -0.15) is 0 Å². The molecule has 0 aromatic heterocycles. The molecule has 2 nitrogen and oxygen atoms in total. The minimum absolute atomic E-state index is 0.417. The molecule has 1 aliphatic heterocycles. The van der Waals surface area contributed by atoms with Crippen molar-refractivity contribution in [1.29, 1.82) is 0 Å². The standard InChI is InChI=1S/C17H27BrN2/c1-4-9-19-14(3)15-7-8-17(16(18)11-15)20-10-5-6-13(2)12-20/h7-8,11,13-14,19H,4-6,9-10,12H2,1-3H3. The lowest BCUT2D eigenvalue weighted by molar-refractivity contribution is 0.446. The molecule has 1 aliphatic rings. The fourth-order valence-electron chi connectivity index (χ4n) is 2.94. The second kappa shape index (κ2) is 7.46. The average molecular weight is 339 g/mol. The third-order valence-corrected chi connectivity index (χ3v) is 4.81. The quantitative estimate of drug-likeness (QED) is 0.833. The van der Waals surface area contributed by atoms with Crippen molar-refractivity contribution < 1.29 is 0 Å². The maximum atomic E-state index is 3.77. The molecule has 1 aromatic rings. The molecular weight excluding hydrogens is 312 g/mol. The normalized spacial score (nSPS) is 21.0. The second-order valence-corrected chi connectivity index (χ2v) is 6.93. The van der Waals surface area contributed by atoms with E-state index in [-0.39, 0.29) is 0 Å². The number of nitrogens with zero attached hydrogens (tertiary/aromatic N) is 1. The zero-order valence-corrected chi connectivity index (χ0v) is 14.5. The first kappa shape index (κ1) is 15.8. The molecule has 0 spiro atoms. The van der Waals surface area contributed by atoms with Crippen molar-refractivity contribution in [1.82, 2.24) is 5.32 Å². The van der Waals surface area contributed by atoms with Crippen LogP contribution >= 0.6 is 15.9 Å². The molecule has 0 amide bonds. The number of rotatable bonds is 5. The van der Waals surface area contributed by atoms with Crippen molar-refractivity contribution in [2.75, 3.05) is 24.5 Å². The van der Waals surface area contributed by atoms with E-state index in [1.807, 2.05) is 0 Å². The molecule has 2 rings (SSSR count). The topological polar surface area (TPSA) is 15.3 Å². The zero-order chi connectivity index (χ0) is 14.5. The Hall–Kier alpha value is -0.540. The summed E-state index contributed by atoms with van der Waals surface area (Å²) in [6.07, 6.45) is 3.85. The fraction of sp³-hybridized carbons (Fsp3) is 0.647. The number of anilines is 1. The summed E-state index contributed by atoms with van der Waals surface area (Å²) >= 11 is 3.77. The lowest BCUT2D eigenvalue weighted by atomic mass is 9.99. The molecule has 1 fully saturated rings. The lowest BCUT2D eigenvalue weighted by Crippen LogP contribution is -2.34. The van der Waals surface area contributed by atoms with Crippen LogP contribution in [0.25, 0.3) is 0 Å². The summed E-state index contributed by atoms with van der Waals surface area (Å²) in [6.45, 7) is 10.2. The third kappa shape index (κ3) is 3.98. The second-order valence-electron chi connectivity index (χ2n) is 6.08. The summed E-state index contributed by atoms with van der Waals surface area (Å²) in [5.74, 6) is 0.806. The van der Waals surface area contributed by atoms with Gasteiger partial charge in [0, 0.05) is 23.6 Å². The maximum absolute atomic E-state index is 3.77. The minimum Gasteiger partial charge on any atom is -0.370 e. The van der Waals surface area contributed by atoms with Crippen LogP contribution < -0.4 is 10.2 Å². The highest BCUT2D eigenvalue weighted by molar-refractivity contribution is 9.10. The van der Waals surface area contributed by atoms with Gasteiger partial charge in [0.25, 0.3) is 0 Å². The van der Waals surface area contributed by atoms with Crippen LogP contribution in [0.2, 0.25) is 0 Å². The predicted molar refractivity (Wildman–Crippen MR) is 91.5 cm³/mol. The largest absolute Gasteiger partial charge is 0.370 e. The SMILES string of the molecule is CCCNC(C)c1ccc(N2CCCC(C)C2)c(Br)c1. The van der Waals surface area contributed by atoms with E-state index < -0.39 is 0 Å². The Bertz CT molecular complexity index is 433. The number of piperidine rings is 1. The molecule has 1 saturated heterocycles. The molecular formula is C17H27BrN2. The first-order valence-corrected chi connectivity index (χ1v) is 8.69. The van der Waals surface area contributed by atoms with Crippen LogP contribution in [-0.2, 0) is 0 Å². The first-order valence-electron chi connectivity index (χ1n) is 7.89. The molecule has 2 unspecified atom stereocenters. The molecule has 0 radical (unpaired) electrons. The number of benzene rings is 1. The molecule has 20 heavy (non-hydrogen) atoms. The Morgan fingerprint density at radius 2 is 2.25 bits per heavy atom. The van der Waals surface area contributed by atoms with Gasteiger partial charge in [-0.05, 0) is 72.3 Å². The van der Waals surface area contributed by atoms with Crippen LogP contribution in [0.5, 0.6) is 0 Å². The third-order valence-electron chi connectivity index (χ3n) is 4.17. The highest BCUT2D eigenvalue weighted by atomic mass is 79.9. The van der Waals surface area contributed by atoms with Gasteiger partial charge < -0.3 is 10.2 Å². The van der Waals surface area contributed by atoms with Gasteiger partial charge >= 0.3 is 0 Å². The monoisotopic (exact) mass is 338 g/mol. The number of halogens is 1. The van der Waals surface area contributed by atoms with Gasteiger partial charge in [0.05, 0.1) is 5.69 Å². The van der Waals surface area contributed by atoms with Crippen molar-refractivity contribution >= 4 is 21.6 Å². The van der Waals surface area contributed by atoms with Gasteiger partial charge in [-0.1, -0.05) is 19.9 Å². The molecule has 1 aromatic carbocycles. The van der Waals surface area contributed by atoms with Crippen LogP contribution in [-0.4, -0.2) is 19.6 Å². The fourth-order valence-corrected chi connectivity index (χ4v) is 3.58. The number of hydrogen-bond acceptors (Lipinski definition) is 2. The molecule has 2 atom stereocenters. The van der Waals surface area contributed by atoms with E-state index >= 15 is 0 Å². The van der Waals surface area contributed by atoms with Crippen LogP contribution in [0.1, 0.15) is 51.6 Å². The molecule has 0 saturated carbocycles. The van der Waals surface area contributed by atoms with Crippen LogP contribution in [0.15, 0.2) is 22.7 Å². The highest BCUT2D eigenvalue weighted by Gasteiger charge is 2.19. The van der Waals surface area contributed by atoms with E-state index in [1.165, 1.54) is 48.1 Å². The summed E-state index contributed by atoms with van der Waals surface area (Å²) < 4.78 is 1.23. The van der Waals surface area contributed by atoms with E-state index in [4.69, 9.17) is 0 Å². The van der Waals surface area contributed by atoms with Crippen molar-refractivity contribution in [3.63, 3.8) is 0 Å². The molecule has 1 heterocycles. The summed E-state index contributed by atoms with van der Waals surface area (Å²) in [6, 6.07) is 7.25. The summed E-state index contributed by atoms with van der Waals surface area (Å²) in [4.78, 5) is 2.52. The summed E-state index contributed by atoms with van der Waals surface area (Å²) in [5, 5.41) is 3.55. The van der Waals surface area contributed by atoms with Gasteiger partial charge in [-0.25, -0.2) is 0 Å². The van der Waals surface area contributed by atoms with Crippen molar-refractivity contribution in [2.45, 2.75) is 46.1 Å². The van der Waals surface area contributed by atoms with Crippen LogP contribution in [0.4, 0.5) is 5.69 Å². The lowest BCUT2D eigenvalue weighted by Gasteiger charge is -2.33. The molecule has 0 bridgehead atoms. The van der Waals surface area contributed by atoms with Crippen LogP contribution in [0.3, 0.4) is 0 Å². The van der Waals surface area contributed by atoms with Gasteiger partial charge in [0.1, 0.15) is 0 Å². The smallest absolute Gasteiger partial charge is 0.0510 e. The van der Waals surface area contributed by atoms with Crippen molar-refractivity contribution in [3.05, 3.63) is 28.2 Å². The zero-order valence-electron chi connectivity index (χ0n) is 13.0. The Kier molecular flexibility index (Phi) is 5.91. The van der Waals surface area contributed by atoms with Crippen molar-refractivity contribution in [3.8, 4) is 0 Å². The van der Waals surface area contributed by atoms with E-state index in [9.17, 15) is 0 Å². The molecule has 112 valence electrons. The average Bonchev–Trinajstić information content (AvgIpc) is 2.44. The van der Waals surface area contributed by atoms with Gasteiger partial charge in [-0.3, -0.25) is 0 Å². The van der Waals surface area contributed by atoms with Gasteiger partial charge in [0.15, 0.2) is 0 Å². The molecule has 1 N–H and O–H groups in total.